The third-order valence-corrected chi connectivity index (χ3v) is 4.06. The number of hydrogen-bond donors (Lipinski definition) is 0. The van der Waals surface area contributed by atoms with Crippen LogP contribution in [0.2, 0.25) is 0 Å². The fourth-order valence-electron chi connectivity index (χ4n) is 2.90. The summed E-state index contributed by atoms with van der Waals surface area (Å²) in [6, 6.07) is 15.1. The highest BCUT2D eigenvalue weighted by Crippen LogP contribution is 2.27. The van der Waals surface area contributed by atoms with Crippen molar-refractivity contribution in [3.63, 3.8) is 0 Å². The molecule has 108 valence electrons. The van der Waals surface area contributed by atoms with Crippen LogP contribution < -0.4 is 5.46 Å². The van der Waals surface area contributed by atoms with Crippen LogP contribution in [0.4, 0.5) is 0 Å². The molecular formula is C20H25B. The van der Waals surface area contributed by atoms with Crippen molar-refractivity contribution < 1.29 is 0 Å². The van der Waals surface area contributed by atoms with Crippen molar-refractivity contribution in [2.45, 2.75) is 52.4 Å². The Bertz CT molecular complexity index is 618. The molecule has 2 rings (SSSR count). The first-order chi connectivity index (χ1) is 9.80. The molecule has 2 aromatic carbocycles. The zero-order chi connectivity index (χ0) is 15.6. The minimum atomic E-state index is 0.154. The molecule has 0 saturated heterocycles. The van der Waals surface area contributed by atoms with E-state index >= 15 is 0 Å². The van der Waals surface area contributed by atoms with Crippen LogP contribution in [0.5, 0.6) is 0 Å². The van der Waals surface area contributed by atoms with Crippen LogP contribution >= 0.6 is 0 Å². The molecule has 0 aromatic heterocycles. The minimum absolute atomic E-state index is 0.154. The van der Waals surface area contributed by atoms with E-state index in [1.807, 2.05) is 0 Å². The maximum atomic E-state index is 6.39. The highest BCUT2D eigenvalue weighted by atomic mass is 14.2. The van der Waals surface area contributed by atoms with Gasteiger partial charge in [-0.2, -0.15) is 0 Å². The second-order valence-corrected chi connectivity index (χ2v) is 7.16. The molecule has 0 aliphatic heterocycles. The summed E-state index contributed by atoms with van der Waals surface area (Å²) < 4.78 is 0. The van der Waals surface area contributed by atoms with Gasteiger partial charge in [0.25, 0.3) is 0 Å². The summed E-state index contributed by atoms with van der Waals surface area (Å²) in [5.74, 6) is 0.461. The molecule has 0 N–H and O–H groups in total. The summed E-state index contributed by atoms with van der Waals surface area (Å²) in [7, 11) is 6.39. The van der Waals surface area contributed by atoms with Gasteiger partial charge in [0.1, 0.15) is 7.85 Å². The summed E-state index contributed by atoms with van der Waals surface area (Å²) >= 11 is 0. The highest BCUT2D eigenvalue weighted by molar-refractivity contribution is 6.34. The molecule has 0 spiro atoms. The molecule has 0 heterocycles. The van der Waals surface area contributed by atoms with Crippen LogP contribution in [0.3, 0.4) is 0 Å². The summed E-state index contributed by atoms with van der Waals surface area (Å²) in [6.07, 6.45) is 0.903. The first kappa shape index (κ1) is 15.9. The van der Waals surface area contributed by atoms with Gasteiger partial charge in [-0.15, -0.1) is 0 Å². The summed E-state index contributed by atoms with van der Waals surface area (Å²) in [5, 5.41) is 0. The van der Waals surface area contributed by atoms with Gasteiger partial charge in [-0.1, -0.05) is 93.7 Å². The van der Waals surface area contributed by atoms with E-state index in [1.54, 1.807) is 0 Å². The maximum Gasteiger partial charge on any atom is 0.114 e. The van der Waals surface area contributed by atoms with Crippen molar-refractivity contribution in [3.05, 3.63) is 64.7 Å². The van der Waals surface area contributed by atoms with Crippen molar-refractivity contribution in [1.29, 1.82) is 0 Å². The average Bonchev–Trinajstić information content (AvgIpc) is 2.40. The Balaban J connectivity index is 2.42. The highest BCUT2D eigenvalue weighted by Gasteiger charge is 2.18. The molecule has 0 nitrogen and oxygen atoms in total. The molecular weight excluding hydrogens is 251 g/mol. The Hall–Kier alpha value is -1.50. The van der Waals surface area contributed by atoms with Gasteiger partial charge in [0.05, 0.1) is 0 Å². The van der Waals surface area contributed by atoms with Crippen molar-refractivity contribution in [2.75, 3.05) is 0 Å². The standard InChI is InChI=1S/C20H25B/c1-14(2)17-11-8-10-16(19(17)21)13-15-9-6-7-12-18(15)20(3,4)5/h6-12,14H,13H2,1-5H3. The zero-order valence-corrected chi connectivity index (χ0v) is 13.9. The van der Waals surface area contributed by atoms with E-state index < -0.39 is 0 Å². The van der Waals surface area contributed by atoms with Gasteiger partial charge >= 0.3 is 0 Å². The monoisotopic (exact) mass is 276 g/mol. The van der Waals surface area contributed by atoms with Crippen LogP contribution in [0.25, 0.3) is 0 Å². The SMILES string of the molecule is [B]c1c(Cc2ccccc2C(C)(C)C)cccc1C(C)C. The first-order valence-corrected chi connectivity index (χ1v) is 7.76. The van der Waals surface area contributed by atoms with Gasteiger partial charge in [-0.05, 0) is 28.9 Å². The molecule has 0 atom stereocenters. The smallest absolute Gasteiger partial charge is 0.0898 e. The van der Waals surface area contributed by atoms with E-state index in [4.69, 9.17) is 7.85 Å². The second-order valence-electron chi connectivity index (χ2n) is 7.16. The van der Waals surface area contributed by atoms with Gasteiger partial charge in [0, 0.05) is 0 Å². The van der Waals surface area contributed by atoms with E-state index in [9.17, 15) is 0 Å². The molecule has 2 radical (unpaired) electrons. The summed E-state index contributed by atoms with van der Waals surface area (Å²) in [4.78, 5) is 0. The molecule has 0 bridgehead atoms. The largest absolute Gasteiger partial charge is 0.114 e. The first-order valence-electron chi connectivity index (χ1n) is 7.76. The maximum absolute atomic E-state index is 6.39. The zero-order valence-electron chi connectivity index (χ0n) is 13.9. The van der Waals surface area contributed by atoms with Gasteiger partial charge in [-0.25, -0.2) is 0 Å². The van der Waals surface area contributed by atoms with Crippen LogP contribution in [0.1, 0.15) is 62.8 Å². The van der Waals surface area contributed by atoms with Gasteiger partial charge in [0.15, 0.2) is 0 Å². The van der Waals surface area contributed by atoms with Gasteiger partial charge in [-0.3, -0.25) is 0 Å². The number of rotatable bonds is 3. The van der Waals surface area contributed by atoms with Crippen LogP contribution in [-0.2, 0) is 11.8 Å². The Morgan fingerprint density at radius 1 is 0.905 bits per heavy atom. The van der Waals surface area contributed by atoms with Crippen molar-refractivity contribution >= 4 is 13.3 Å². The Labute approximate surface area is 131 Å². The molecule has 0 aliphatic rings. The van der Waals surface area contributed by atoms with E-state index in [-0.39, 0.29) is 5.41 Å². The van der Waals surface area contributed by atoms with Crippen LogP contribution in [-0.4, -0.2) is 7.85 Å². The third-order valence-electron chi connectivity index (χ3n) is 4.06. The lowest BCUT2D eigenvalue weighted by molar-refractivity contribution is 0.584. The van der Waals surface area contributed by atoms with E-state index in [0.717, 1.165) is 11.9 Å². The van der Waals surface area contributed by atoms with E-state index in [1.165, 1.54) is 22.3 Å². The Morgan fingerprint density at radius 2 is 1.52 bits per heavy atom. The summed E-state index contributed by atoms with van der Waals surface area (Å²) in [5.41, 5.74) is 6.37. The lowest BCUT2D eigenvalue weighted by Crippen LogP contribution is -2.19. The van der Waals surface area contributed by atoms with E-state index in [2.05, 4.69) is 77.1 Å². The second kappa shape index (κ2) is 6.09. The molecule has 2 aromatic rings. The van der Waals surface area contributed by atoms with Crippen molar-refractivity contribution in [3.8, 4) is 0 Å². The van der Waals surface area contributed by atoms with Crippen LogP contribution in [0, 0.1) is 0 Å². The Morgan fingerprint density at radius 3 is 2.14 bits per heavy atom. The van der Waals surface area contributed by atoms with E-state index in [0.29, 0.717) is 5.92 Å². The fraction of sp³-hybridized carbons (Fsp3) is 0.400. The molecule has 1 heteroatoms. The average molecular weight is 276 g/mol. The quantitative estimate of drug-likeness (QED) is 0.724. The van der Waals surface area contributed by atoms with Crippen molar-refractivity contribution in [1.82, 2.24) is 0 Å². The predicted octanol–water partition coefficient (Wildman–Crippen LogP) is 4.49. The summed E-state index contributed by atoms with van der Waals surface area (Å²) in [6.45, 7) is 11.2. The fourth-order valence-corrected chi connectivity index (χ4v) is 2.90. The lowest BCUT2D eigenvalue weighted by atomic mass is 9.77. The van der Waals surface area contributed by atoms with Crippen molar-refractivity contribution in [2.24, 2.45) is 0 Å². The number of benzene rings is 2. The molecule has 0 unspecified atom stereocenters. The van der Waals surface area contributed by atoms with Gasteiger partial charge in [0.2, 0.25) is 0 Å². The molecule has 0 aliphatic carbocycles. The topological polar surface area (TPSA) is 0 Å². The lowest BCUT2D eigenvalue weighted by Gasteiger charge is -2.24. The Kier molecular flexibility index (Phi) is 4.61. The molecule has 0 amide bonds. The molecule has 0 saturated carbocycles. The minimum Gasteiger partial charge on any atom is -0.0898 e. The van der Waals surface area contributed by atoms with Gasteiger partial charge < -0.3 is 0 Å². The molecule has 0 fully saturated rings. The molecule has 21 heavy (non-hydrogen) atoms. The van der Waals surface area contributed by atoms with Crippen LogP contribution in [0.15, 0.2) is 42.5 Å². The predicted molar refractivity (Wildman–Crippen MR) is 93.9 cm³/mol. The number of hydrogen-bond acceptors (Lipinski definition) is 0. The normalized spacial score (nSPS) is 11.9. The third kappa shape index (κ3) is 3.58.